The monoisotopic (exact) mass is 291 g/mol. The molecule has 0 unspecified atom stereocenters. The van der Waals surface area contributed by atoms with Gasteiger partial charge in [-0.05, 0) is 15.9 Å². The van der Waals surface area contributed by atoms with Crippen LogP contribution in [0.4, 0.5) is 11.4 Å². The molecule has 0 aliphatic carbocycles. The molecule has 1 heterocycles. The highest BCUT2D eigenvalue weighted by Crippen LogP contribution is 2.31. The molecule has 16 heavy (non-hydrogen) atoms. The molecule has 0 aliphatic heterocycles. The molecule has 7 nitrogen and oxygen atoms in total. The molecular weight excluding hydrogens is 282 g/mol. The molecule has 1 aromatic heterocycles. The summed E-state index contributed by atoms with van der Waals surface area (Å²) in [5.74, 6) is 0. The first kappa shape index (κ1) is 12.8. The van der Waals surface area contributed by atoms with Gasteiger partial charge in [0.1, 0.15) is 11.9 Å². The Morgan fingerprint density at radius 2 is 2.12 bits per heavy atom. The van der Waals surface area contributed by atoms with Crippen LogP contribution in [0.15, 0.2) is 16.9 Å². The molecule has 0 aromatic carbocycles. The number of nitro groups is 1. The summed E-state index contributed by atoms with van der Waals surface area (Å²) in [6.07, 6.45) is 2.49. The van der Waals surface area contributed by atoms with Gasteiger partial charge in [-0.15, -0.1) is 0 Å². The quantitative estimate of drug-likeness (QED) is 0.539. The van der Waals surface area contributed by atoms with Crippen molar-refractivity contribution < 1.29 is 15.1 Å². The second kappa shape index (κ2) is 5.73. The number of hydrogen-bond acceptors (Lipinski definition) is 6. The number of rotatable bonds is 5. The molecule has 0 aliphatic rings. The Bertz CT molecular complexity index is 384. The summed E-state index contributed by atoms with van der Waals surface area (Å²) in [6.45, 7) is -0.662. The number of halogens is 1. The van der Waals surface area contributed by atoms with Crippen molar-refractivity contribution in [2.45, 2.75) is 6.04 Å². The second-order valence-corrected chi connectivity index (χ2v) is 3.83. The lowest BCUT2D eigenvalue weighted by Crippen LogP contribution is -2.28. The van der Waals surface area contributed by atoms with Crippen LogP contribution in [0.25, 0.3) is 0 Å². The summed E-state index contributed by atoms with van der Waals surface area (Å²) >= 11 is 3.11. The number of aliphatic hydroxyl groups excluding tert-OH is 2. The largest absolute Gasteiger partial charge is 0.394 e. The number of hydrogen-bond donors (Lipinski definition) is 3. The zero-order chi connectivity index (χ0) is 12.1. The van der Waals surface area contributed by atoms with Crippen LogP contribution in [0.5, 0.6) is 0 Å². The minimum atomic E-state index is -0.655. The number of nitrogens with one attached hydrogen (secondary N) is 1. The number of pyridine rings is 1. The molecule has 0 spiro atoms. The zero-order valence-electron chi connectivity index (χ0n) is 8.13. The topological polar surface area (TPSA) is 109 Å². The molecule has 0 atom stereocenters. The Balaban J connectivity index is 3.05. The van der Waals surface area contributed by atoms with Crippen molar-refractivity contribution in [3.05, 3.63) is 27.0 Å². The summed E-state index contributed by atoms with van der Waals surface area (Å²) in [4.78, 5) is 13.8. The summed E-state index contributed by atoms with van der Waals surface area (Å²) in [6, 6.07) is -0.655. The molecule has 0 radical (unpaired) electrons. The molecule has 8 heteroatoms. The number of aromatic nitrogens is 1. The van der Waals surface area contributed by atoms with Crippen LogP contribution >= 0.6 is 15.9 Å². The van der Waals surface area contributed by atoms with Gasteiger partial charge in [0.05, 0.1) is 28.7 Å². The van der Waals surface area contributed by atoms with Gasteiger partial charge in [0.25, 0.3) is 0 Å². The highest BCUT2D eigenvalue weighted by Gasteiger charge is 2.19. The van der Waals surface area contributed by atoms with Gasteiger partial charge in [-0.2, -0.15) is 0 Å². The third-order valence-electron chi connectivity index (χ3n) is 1.87. The lowest BCUT2D eigenvalue weighted by Gasteiger charge is -2.15. The van der Waals surface area contributed by atoms with E-state index in [0.717, 1.165) is 6.20 Å². The predicted molar refractivity (Wildman–Crippen MR) is 60.2 cm³/mol. The van der Waals surface area contributed by atoms with Gasteiger partial charge in [0, 0.05) is 6.20 Å². The first-order chi connectivity index (χ1) is 7.60. The van der Waals surface area contributed by atoms with Crippen LogP contribution in [0.3, 0.4) is 0 Å². The Hall–Kier alpha value is -1.25. The van der Waals surface area contributed by atoms with Crippen LogP contribution in [-0.2, 0) is 0 Å². The van der Waals surface area contributed by atoms with E-state index in [4.69, 9.17) is 10.2 Å². The second-order valence-electron chi connectivity index (χ2n) is 2.98. The first-order valence-electron chi connectivity index (χ1n) is 4.36. The van der Waals surface area contributed by atoms with Crippen LogP contribution in [-0.4, -0.2) is 39.4 Å². The number of aliphatic hydroxyl groups is 2. The van der Waals surface area contributed by atoms with Crippen molar-refractivity contribution in [3.8, 4) is 0 Å². The van der Waals surface area contributed by atoms with Crippen LogP contribution in [0.2, 0.25) is 0 Å². The van der Waals surface area contributed by atoms with E-state index in [0.29, 0.717) is 4.47 Å². The lowest BCUT2D eigenvalue weighted by atomic mass is 10.3. The zero-order valence-corrected chi connectivity index (χ0v) is 9.72. The molecule has 1 rings (SSSR count). The van der Waals surface area contributed by atoms with Gasteiger partial charge in [0.2, 0.25) is 0 Å². The molecule has 0 fully saturated rings. The van der Waals surface area contributed by atoms with Crippen LogP contribution in [0.1, 0.15) is 0 Å². The maximum atomic E-state index is 10.7. The van der Waals surface area contributed by atoms with Gasteiger partial charge >= 0.3 is 5.69 Å². The number of nitrogens with zero attached hydrogens (tertiary/aromatic N) is 2. The molecule has 0 saturated carbocycles. The minimum absolute atomic E-state index is 0.188. The standard InChI is InChI=1S/C8H10BrN3O4/c9-6-1-10-2-7(12(15)16)8(6)11-5(3-13)4-14/h1-2,5,13-14H,3-4H2,(H,10,11). The van der Waals surface area contributed by atoms with Gasteiger partial charge < -0.3 is 15.5 Å². The van der Waals surface area contributed by atoms with E-state index < -0.39 is 11.0 Å². The Labute approximate surface area is 99.4 Å². The number of anilines is 1. The van der Waals surface area contributed by atoms with E-state index in [9.17, 15) is 10.1 Å². The summed E-state index contributed by atoms with van der Waals surface area (Å²) in [7, 11) is 0. The van der Waals surface area contributed by atoms with Gasteiger partial charge in [-0.3, -0.25) is 15.1 Å². The Kier molecular flexibility index (Phi) is 4.59. The summed E-state index contributed by atoms with van der Waals surface area (Å²) < 4.78 is 0.397. The fraction of sp³-hybridized carbons (Fsp3) is 0.375. The highest BCUT2D eigenvalue weighted by molar-refractivity contribution is 9.10. The third-order valence-corrected chi connectivity index (χ3v) is 2.47. The fourth-order valence-electron chi connectivity index (χ4n) is 1.06. The Morgan fingerprint density at radius 1 is 1.50 bits per heavy atom. The van der Waals surface area contributed by atoms with Crippen molar-refractivity contribution in [3.63, 3.8) is 0 Å². The molecular formula is C8H10BrN3O4. The van der Waals surface area contributed by atoms with Crippen molar-refractivity contribution in [1.82, 2.24) is 4.98 Å². The average molecular weight is 292 g/mol. The molecule has 1 aromatic rings. The van der Waals surface area contributed by atoms with E-state index in [2.05, 4.69) is 26.2 Å². The predicted octanol–water partition coefficient (Wildman–Crippen LogP) is 0.517. The van der Waals surface area contributed by atoms with Crippen molar-refractivity contribution >= 4 is 27.3 Å². The van der Waals surface area contributed by atoms with Gasteiger partial charge in [-0.25, -0.2) is 0 Å². The van der Waals surface area contributed by atoms with E-state index >= 15 is 0 Å². The van der Waals surface area contributed by atoms with E-state index in [-0.39, 0.29) is 24.6 Å². The maximum absolute atomic E-state index is 10.7. The highest BCUT2D eigenvalue weighted by atomic mass is 79.9. The fourth-order valence-corrected chi connectivity index (χ4v) is 1.50. The molecule has 3 N–H and O–H groups in total. The normalized spacial score (nSPS) is 10.5. The molecule has 0 amide bonds. The van der Waals surface area contributed by atoms with Crippen molar-refractivity contribution in [2.24, 2.45) is 0 Å². The van der Waals surface area contributed by atoms with Crippen LogP contribution in [0, 0.1) is 10.1 Å². The van der Waals surface area contributed by atoms with Crippen molar-refractivity contribution in [1.29, 1.82) is 0 Å². The first-order valence-corrected chi connectivity index (χ1v) is 5.15. The van der Waals surface area contributed by atoms with Crippen LogP contribution < -0.4 is 5.32 Å². The van der Waals surface area contributed by atoms with Gasteiger partial charge in [0.15, 0.2) is 0 Å². The summed E-state index contributed by atoms with van der Waals surface area (Å²) in [5, 5.41) is 31.1. The third kappa shape index (κ3) is 2.87. The smallest absolute Gasteiger partial charge is 0.311 e. The lowest BCUT2D eigenvalue weighted by molar-refractivity contribution is -0.384. The van der Waals surface area contributed by atoms with Gasteiger partial charge in [-0.1, -0.05) is 0 Å². The minimum Gasteiger partial charge on any atom is -0.394 e. The van der Waals surface area contributed by atoms with E-state index in [1.54, 1.807) is 0 Å². The average Bonchev–Trinajstić information content (AvgIpc) is 2.27. The SMILES string of the molecule is O=[N+]([O-])c1cncc(Br)c1NC(CO)CO. The van der Waals surface area contributed by atoms with Crippen molar-refractivity contribution in [2.75, 3.05) is 18.5 Å². The molecule has 88 valence electrons. The van der Waals surface area contributed by atoms with E-state index in [1.807, 2.05) is 0 Å². The molecule has 0 saturated heterocycles. The molecule has 0 bridgehead atoms. The summed E-state index contributed by atoms with van der Waals surface area (Å²) in [5.41, 5.74) is -0.0330. The Morgan fingerprint density at radius 3 is 2.62 bits per heavy atom. The van der Waals surface area contributed by atoms with E-state index in [1.165, 1.54) is 6.20 Å². The maximum Gasteiger partial charge on any atom is 0.311 e.